The summed E-state index contributed by atoms with van der Waals surface area (Å²) in [5.74, 6) is 0.734. The van der Waals surface area contributed by atoms with Gasteiger partial charge in [-0.05, 0) is 42.6 Å². The summed E-state index contributed by atoms with van der Waals surface area (Å²) in [6.45, 7) is 3.30. The van der Waals surface area contributed by atoms with Crippen molar-refractivity contribution in [2.45, 2.75) is 19.9 Å². The number of carbonyl (C=O) groups is 1. The highest BCUT2D eigenvalue weighted by Gasteiger charge is 2.06. The Morgan fingerprint density at radius 3 is 2.74 bits per heavy atom. The lowest BCUT2D eigenvalue weighted by Gasteiger charge is -2.08. The van der Waals surface area contributed by atoms with Gasteiger partial charge in [0.25, 0.3) is 5.56 Å². The number of nitrogens with zero attached hydrogens (tertiary/aromatic N) is 2. The van der Waals surface area contributed by atoms with Gasteiger partial charge in [0, 0.05) is 29.6 Å². The van der Waals surface area contributed by atoms with E-state index >= 15 is 0 Å². The van der Waals surface area contributed by atoms with Gasteiger partial charge in [-0.1, -0.05) is 6.07 Å². The van der Waals surface area contributed by atoms with Crippen LogP contribution in [-0.2, 0) is 17.8 Å². The molecular formula is C20H21N3O3S. The van der Waals surface area contributed by atoms with Crippen molar-refractivity contribution in [3.8, 4) is 17.0 Å². The molecule has 7 heteroatoms. The Hall–Kier alpha value is -2.93. The van der Waals surface area contributed by atoms with Gasteiger partial charge in [-0.2, -0.15) is 0 Å². The minimum atomic E-state index is -0.151. The standard InChI is InChI=1S/C20H21N3O3S/c1-2-26-16-7-5-15(6-8-16)18-13-20(25)23(14-22-18)10-9-21-19(24)12-17-4-3-11-27-17/h3-8,11,13-14H,2,9-10,12H2,1H3,(H,21,24). The molecule has 0 spiro atoms. The Kier molecular flexibility index (Phi) is 6.38. The van der Waals surface area contributed by atoms with E-state index in [2.05, 4.69) is 10.3 Å². The lowest BCUT2D eigenvalue weighted by Crippen LogP contribution is -2.31. The Labute approximate surface area is 161 Å². The van der Waals surface area contributed by atoms with Crippen LogP contribution in [0.2, 0.25) is 0 Å². The zero-order chi connectivity index (χ0) is 19.1. The van der Waals surface area contributed by atoms with E-state index in [1.807, 2.05) is 48.7 Å². The smallest absolute Gasteiger partial charge is 0.253 e. The van der Waals surface area contributed by atoms with Crippen molar-refractivity contribution in [2.24, 2.45) is 0 Å². The van der Waals surface area contributed by atoms with Crippen molar-refractivity contribution in [1.82, 2.24) is 14.9 Å². The molecule has 2 aromatic heterocycles. The van der Waals surface area contributed by atoms with E-state index < -0.39 is 0 Å². The molecule has 1 N–H and O–H groups in total. The summed E-state index contributed by atoms with van der Waals surface area (Å²) in [5.41, 5.74) is 1.31. The molecule has 0 saturated heterocycles. The number of hydrogen-bond acceptors (Lipinski definition) is 5. The maximum absolute atomic E-state index is 12.3. The van der Waals surface area contributed by atoms with E-state index in [9.17, 15) is 9.59 Å². The van der Waals surface area contributed by atoms with Crippen LogP contribution in [0.5, 0.6) is 5.75 Å². The Morgan fingerprint density at radius 2 is 2.07 bits per heavy atom. The van der Waals surface area contributed by atoms with Gasteiger partial charge in [0.1, 0.15) is 5.75 Å². The van der Waals surface area contributed by atoms with Crippen molar-refractivity contribution in [3.63, 3.8) is 0 Å². The van der Waals surface area contributed by atoms with Gasteiger partial charge >= 0.3 is 0 Å². The van der Waals surface area contributed by atoms with Gasteiger partial charge in [0.2, 0.25) is 5.91 Å². The molecule has 0 bridgehead atoms. The monoisotopic (exact) mass is 383 g/mol. The fourth-order valence-corrected chi connectivity index (χ4v) is 3.29. The number of ether oxygens (including phenoxy) is 1. The first-order valence-corrected chi connectivity index (χ1v) is 9.62. The number of carbonyl (C=O) groups excluding carboxylic acids is 1. The van der Waals surface area contributed by atoms with Crippen molar-refractivity contribution < 1.29 is 9.53 Å². The highest BCUT2D eigenvalue weighted by Crippen LogP contribution is 2.19. The number of rotatable bonds is 8. The molecule has 1 aromatic carbocycles. The summed E-state index contributed by atoms with van der Waals surface area (Å²) in [7, 11) is 0. The van der Waals surface area contributed by atoms with Crippen LogP contribution in [0.3, 0.4) is 0 Å². The van der Waals surface area contributed by atoms with Crippen LogP contribution in [0.15, 0.2) is 59.0 Å². The van der Waals surface area contributed by atoms with E-state index in [1.165, 1.54) is 17.0 Å². The summed E-state index contributed by atoms with van der Waals surface area (Å²) in [4.78, 5) is 29.6. The zero-order valence-electron chi connectivity index (χ0n) is 15.1. The number of amides is 1. The van der Waals surface area contributed by atoms with Gasteiger partial charge in [0.05, 0.1) is 25.0 Å². The van der Waals surface area contributed by atoms with Crippen LogP contribution in [0.1, 0.15) is 11.8 Å². The lowest BCUT2D eigenvalue weighted by atomic mass is 10.1. The van der Waals surface area contributed by atoms with Crippen molar-refractivity contribution in [3.05, 3.63) is 69.4 Å². The second kappa shape index (κ2) is 9.14. The Morgan fingerprint density at radius 1 is 1.26 bits per heavy atom. The second-order valence-electron chi connectivity index (χ2n) is 5.87. The number of benzene rings is 1. The van der Waals surface area contributed by atoms with Crippen LogP contribution < -0.4 is 15.6 Å². The number of thiophene rings is 1. The van der Waals surface area contributed by atoms with Crippen LogP contribution in [0, 0.1) is 0 Å². The second-order valence-corrected chi connectivity index (χ2v) is 6.90. The highest BCUT2D eigenvalue weighted by molar-refractivity contribution is 7.10. The molecule has 0 unspecified atom stereocenters. The van der Waals surface area contributed by atoms with E-state index in [1.54, 1.807) is 11.3 Å². The average Bonchev–Trinajstić information content (AvgIpc) is 3.17. The first kappa shape index (κ1) is 18.8. The molecule has 0 radical (unpaired) electrons. The van der Waals surface area contributed by atoms with Gasteiger partial charge in [-0.15, -0.1) is 11.3 Å². The van der Waals surface area contributed by atoms with Gasteiger partial charge in [-0.3, -0.25) is 14.2 Å². The highest BCUT2D eigenvalue weighted by atomic mass is 32.1. The first-order chi connectivity index (χ1) is 13.2. The number of nitrogens with one attached hydrogen (secondary N) is 1. The molecule has 0 atom stereocenters. The van der Waals surface area contributed by atoms with E-state index in [0.717, 1.165) is 16.2 Å². The van der Waals surface area contributed by atoms with E-state index in [0.29, 0.717) is 31.8 Å². The minimum absolute atomic E-state index is 0.0514. The topological polar surface area (TPSA) is 73.2 Å². The third-order valence-corrected chi connectivity index (χ3v) is 4.81. The first-order valence-electron chi connectivity index (χ1n) is 8.74. The molecule has 3 rings (SSSR count). The third-order valence-electron chi connectivity index (χ3n) is 3.93. The average molecular weight is 383 g/mol. The maximum Gasteiger partial charge on any atom is 0.253 e. The van der Waals surface area contributed by atoms with Gasteiger partial charge in [-0.25, -0.2) is 4.98 Å². The third kappa shape index (κ3) is 5.27. The Balaban J connectivity index is 1.56. The van der Waals surface area contributed by atoms with Gasteiger partial charge in [0.15, 0.2) is 0 Å². The van der Waals surface area contributed by atoms with Crippen molar-refractivity contribution >= 4 is 17.2 Å². The quantitative estimate of drug-likeness (QED) is 0.649. The van der Waals surface area contributed by atoms with E-state index in [-0.39, 0.29) is 11.5 Å². The van der Waals surface area contributed by atoms with Crippen molar-refractivity contribution in [1.29, 1.82) is 0 Å². The maximum atomic E-state index is 12.3. The molecule has 0 saturated carbocycles. The molecule has 140 valence electrons. The molecule has 27 heavy (non-hydrogen) atoms. The zero-order valence-corrected chi connectivity index (χ0v) is 15.9. The molecule has 2 heterocycles. The predicted octanol–water partition coefficient (Wildman–Crippen LogP) is 2.73. The summed E-state index contributed by atoms with van der Waals surface area (Å²) in [6, 6.07) is 12.8. The van der Waals surface area contributed by atoms with E-state index in [4.69, 9.17) is 4.74 Å². The van der Waals surface area contributed by atoms with Gasteiger partial charge < -0.3 is 10.1 Å². The summed E-state index contributed by atoms with van der Waals surface area (Å²) >= 11 is 1.55. The fraction of sp³-hybridized carbons (Fsp3) is 0.250. The Bertz CT molecular complexity index is 934. The summed E-state index contributed by atoms with van der Waals surface area (Å²) in [6.07, 6.45) is 1.88. The van der Waals surface area contributed by atoms with Crippen LogP contribution >= 0.6 is 11.3 Å². The molecule has 3 aromatic rings. The molecule has 0 aliphatic carbocycles. The molecule has 0 fully saturated rings. The normalized spacial score (nSPS) is 10.6. The number of hydrogen-bond donors (Lipinski definition) is 1. The minimum Gasteiger partial charge on any atom is -0.494 e. The molecule has 0 aliphatic heterocycles. The number of aromatic nitrogens is 2. The lowest BCUT2D eigenvalue weighted by molar-refractivity contribution is -0.120. The van der Waals surface area contributed by atoms with Crippen LogP contribution in [-0.4, -0.2) is 28.6 Å². The SMILES string of the molecule is CCOc1ccc(-c2cc(=O)n(CCNC(=O)Cc3cccs3)cn2)cc1. The summed E-state index contributed by atoms with van der Waals surface area (Å²) in [5, 5.41) is 4.77. The van der Waals surface area contributed by atoms with Crippen molar-refractivity contribution in [2.75, 3.05) is 13.2 Å². The largest absolute Gasteiger partial charge is 0.494 e. The summed E-state index contributed by atoms with van der Waals surface area (Å²) < 4.78 is 6.91. The predicted molar refractivity (Wildman–Crippen MR) is 106 cm³/mol. The fourth-order valence-electron chi connectivity index (χ4n) is 2.59. The van der Waals surface area contributed by atoms with Crippen LogP contribution in [0.4, 0.5) is 0 Å². The molecular weight excluding hydrogens is 362 g/mol. The van der Waals surface area contributed by atoms with Crippen LogP contribution in [0.25, 0.3) is 11.3 Å². The molecule has 0 aliphatic rings. The molecule has 6 nitrogen and oxygen atoms in total. The molecule has 1 amide bonds.